The average Bonchev–Trinajstić information content (AvgIpc) is 3.10. The fraction of sp³-hybridized carbons (Fsp3) is 0.417. The molecule has 182 valence electrons. The molecule has 3 amide bonds. The molecule has 1 aliphatic heterocycles. The van der Waals surface area contributed by atoms with Crippen molar-refractivity contribution in [3.05, 3.63) is 42.1 Å². The van der Waals surface area contributed by atoms with Gasteiger partial charge >= 0.3 is 0 Å². The topological polar surface area (TPSA) is 91.8 Å². The molecule has 0 spiro atoms. The number of aromatic nitrogens is 1. The number of carbonyl (C=O) groups excluding carboxylic acids is 3. The summed E-state index contributed by atoms with van der Waals surface area (Å²) in [5.41, 5.74) is 1.45. The second kappa shape index (κ2) is 11.5. The van der Waals surface area contributed by atoms with Crippen LogP contribution < -0.4 is 10.1 Å². The van der Waals surface area contributed by atoms with Crippen LogP contribution in [0, 0.1) is 12.8 Å². The van der Waals surface area contributed by atoms with E-state index in [1.165, 1.54) is 29.2 Å². The summed E-state index contributed by atoms with van der Waals surface area (Å²) in [6.45, 7) is 11.3. The van der Waals surface area contributed by atoms with E-state index in [0.717, 1.165) is 14.7 Å². The van der Waals surface area contributed by atoms with Crippen molar-refractivity contribution in [2.45, 2.75) is 36.3 Å². The Hall–Kier alpha value is -2.85. The molecule has 0 radical (unpaired) electrons. The van der Waals surface area contributed by atoms with Gasteiger partial charge in [-0.1, -0.05) is 43.5 Å². The van der Waals surface area contributed by atoms with Crippen molar-refractivity contribution in [3.63, 3.8) is 0 Å². The molecule has 1 fully saturated rings. The maximum Gasteiger partial charge on any atom is 0.257 e. The van der Waals surface area contributed by atoms with Crippen molar-refractivity contribution >= 4 is 46.0 Å². The molecule has 0 bridgehead atoms. The van der Waals surface area contributed by atoms with Crippen molar-refractivity contribution in [1.82, 2.24) is 14.8 Å². The van der Waals surface area contributed by atoms with Crippen LogP contribution in [0.4, 0.5) is 5.13 Å². The van der Waals surface area contributed by atoms with Crippen LogP contribution in [0.25, 0.3) is 0 Å². The van der Waals surface area contributed by atoms with Gasteiger partial charge in [0.2, 0.25) is 11.8 Å². The van der Waals surface area contributed by atoms with Gasteiger partial charge in [0.05, 0.1) is 23.1 Å². The first kappa shape index (κ1) is 25.8. The Morgan fingerprint density at radius 3 is 2.59 bits per heavy atom. The smallest absolute Gasteiger partial charge is 0.257 e. The molecule has 2 aromatic rings. The monoisotopic (exact) mass is 502 g/mol. The summed E-state index contributed by atoms with van der Waals surface area (Å²) in [6.07, 6.45) is 3.73. The summed E-state index contributed by atoms with van der Waals surface area (Å²) >= 11 is 2.88. The van der Waals surface area contributed by atoms with Gasteiger partial charge in [-0.2, -0.15) is 0 Å². The Balaban J connectivity index is 1.79. The number of hydrogen-bond donors (Lipinski definition) is 1. The third-order valence-corrected chi connectivity index (χ3v) is 7.62. The van der Waals surface area contributed by atoms with Crippen LogP contribution in [0.2, 0.25) is 0 Å². The molecule has 10 heteroatoms. The van der Waals surface area contributed by atoms with Gasteiger partial charge in [0.25, 0.3) is 5.91 Å². The Kier molecular flexibility index (Phi) is 8.73. The van der Waals surface area contributed by atoms with E-state index < -0.39 is 0 Å². The highest BCUT2D eigenvalue weighted by molar-refractivity contribution is 8.01. The lowest BCUT2D eigenvalue weighted by atomic mass is 10.1. The molecule has 34 heavy (non-hydrogen) atoms. The zero-order valence-corrected chi connectivity index (χ0v) is 21.6. The number of aryl methyl sites for hydroxylation is 1. The van der Waals surface area contributed by atoms with Gasteiger partial charge in [0.1, 0.15) is 5.75 Å². The predicted molar refractivity (Wildman–Crippen MR) is 135 cm³/mol. The Morgan fingerprint density at radius 1 is 1.21 bits per heavy atom. The van der Waals surface area contributed by atoms with Crippen molar-refractivity contribution in [2.75, 3.05) is 38.6 Å². The van der Waals surface area contributed by atoms with Crippen molar-refractivity contribution in [2.24, 2.45) is 5.92 Å². The lowest BCUT2D eigenvalue weighted by Gasteiger charge is -2.23. The number of amides is 3. The Labute approximate surface area is 208 Å². The molecule has 1 saturated heterocycles. The minimum Gasteiger partial charge on any atom is -0.496 e. The maximum absolute atomic E-state index is 13.4. The lowest BCUT2D eigenvalue weighted by Crippen LogP contribution is -2.36. The van der Waals surface area contributed by atoms with Gasteiger partial charge < -0.3 is 19.9 Å². The number of carbonyl (C=O) groups is 3. The normalized spacial score (nSPS) is 14.0. The van der Waals surface area contributed by atoms with Gasteiger partial charge in [0, 0.05) is 37.0 Å². The summed E-state index contributed by atoms with van der Waals surface area (Å²) < 4.78 is 6.43. The second-order valence-electron chi connectivity index (χ2n) is 8.22. The van der Waals surface area contributed by atoms with Gasteiger partial charge in [-0.25, -0.2) is 4.98 Å². The molecule has 1 aliphatic rings. The molecule has 0 saturated carbocycles. The van der Waals surface area contributed by atoms with Crippen molar-refractivity contribution in [1.29, 1.82) is 0 Å². The quantitative estimate of drug-likeness (QED) is 0.574. The third-order valence-electron chi connectivity index (χ3n) is 5.45. The van der Waals surface area contributed by atoms with E-state index in [-0.39, 0.29) is 23.6 Å². The fourth-order valence-electron chi connectivity index (χ4n) is 3.47. The van der Waals surface area contributed by atoms with E-state index in [9.17, 15) is 14.4 Å². The molecule has 1 aromatic heterocycles. The van der Waals surface area contributed by atoms with Crippen LogP contribution in [-0.2, 0) is 9.59 Å². The maximum atomic E-state index is 13.4. The average molecular weight is 503 g/mol. The molecule has 0 atom stereocenters. The minimum atomic E-state index is -0.127. The summed E-state index contributed by atoms with van der Waals surface area (Å²) in [5, 5.41) is 3.36. The Bertz CT molecular complexity index is 1080. The van der Waals surface area contributed by atoms with Gasteiger partial charge in [-0.15, -0.1) is 0 Å². The van der Waals surface area contributed by atoms with E-state index in [0.29, 0.717) is 49.0 Å². The first-order valence-electron chi connectivity index (χ1n) is 11.1. The molecule has 0 unspecified atom stereocenters. The Morgan fingerprint density at radius 2 is 1.91 bits per heavy atom. The van der Waals surface area contributed by atoms with Crippen molar-refractivity contribution < 1.29 is 19.1 Å². The third kappa shape index (κ3) is 6.18. The first-order valence-corrected chi connectivity index (χ1v) is 12.7. The number of rotatable bonds is 7. The molecule has 2 heterocycles. The molecule has 3 rings (SSSR count). The van der Waals surface area contributed by atoms with Crippen molar-refractivity contribution in [3.8, 4) is 5.75 Å². The number of anilines is 1. The molecular weight excluding hydrogens is 472 g/mol. The molecule has 1 N–H and O–H groups in total. The van der Waals surface area contributed by atoms with E-state index in [4.69, 9.17) is 4.74 Å². The summed E-state index contributed by atoms with van der Waals surface area (Å²) in [6, 6.07) is 3.72. The standard InChI is InChI=1S/C24H30N4O4S2/c1-6-20(29)27-8-7-9-28(11-10-27)23(31)17-13-19(16(4)12-18(17)32-5)33-21-14-25-24(34-21)26-22(30)15(2)3/h6,12-15H,1,7-11H2,2-5H3,(H,25,26,30). The van der Waals surface area contributed by atoms with Crippen LogP contribution in [0.1, 0.15) is 36.2 Å². The SMILES string of the molecule is C=CC(=O)N1CCCN(C(=O)c2cc(Sc3cnc(NC(=O)C(C)C)s3)c(C)cc2OC)CC1. The second-order valence-corrected chi connectivity index (χ2v) is 10.6. The molecule has 0 aliphatic carbocycles. The fourth-order valence-corrected chi connectivity index (χ4v) is 5.41. The zero-order chi connectivity index (χ0) is 24.8. The summed E-state index contributed by atoms with van der Waals surface area (Å²) in [5.74, 6) is 0.0723. The molecule has 1 aromatic carbocycles. The highest BCUT2D eigenvalue weighted by Crippen LogP contribution is 2.38. The number of thiazole rings is 1. The predicted octanol–water partition coefficient (Wildman–Crippen LogP) is 4.07. The van der Waals surface area contributed by atoms with Crippen LogP contribution in [0.15, 0.2) is 40.1 Å². The number of nitrogens with zero attached hydrogens (tertiary/aromatic N) is 3. The largest absolute Gasteiger partial charge is 0.496 e. The van der Waals surface area contributed by atoms with E-state index >= 15 is 0 Å². The van der Waals surface area contributed by atoms with E-state index in [1.807, 2.05) is 32.9 Å². The summed E-state index contributed by atoms with van der Waals surface area (Å²) in [4.78, 5) is 46.0. The van der Waals surface area contributed by atoms with E-state index in [2.05, 4.69) is 16.9 Å². The summed E-state index contributed by atoms with van der Waals surface area (Å²) in [7, 11) is 1.55. The highest BCUT2D eigenvalue weighted by atomic mass is 32.2. The number of methoxy groups -OCH3 is 1. The van der Waals surface area contributed by atoms with Gasteiger partial charge in [-0.3, -0.25) is 14.4 Å². The van der Waals surface area contributed by atoms with Crippen LogP contribution in [-0.4, -0.2) is 65.8 Å². The number of hydrogen-bond acceptors (Lipinski definition) is 7. The van der Waals surface area contributed by atoms with Crippen LogP contribution in [0.5, 0.6) is 5.75 Å². The van der Waals surface area contributed by atoms with E-state index in [1.54, 1.807) is 23.1 Å². The number of benzene rings is 1. The molecule has 8 nitrogen and oxygen atoms in total. The zero-order valence-electron chi connectivity index (χ0n) is 19.9. The molecular formula is C24H30N4O4S2. The highest BCUT2D eigenvalue weighted by Gasteiger charge is 2.25. The van der Waals surface area contributed by atoms with Gasteiger partial charge in [-0.05, 0) is 37.1 Å². The lowest BCUT2D eigenvalue weighted by molar-refractivity contribution is -0.125. The number of nitrogens with one attached hydrogen (secondary N) is 1. The van der Waals surface area contributed by atoms with Crippen LogP contribution >= 0.6 is 23.1 Å². The van der Waals surface area contributed by atoms with Crippen LogP contribution in [0.3, 0.4) is 0 Å². The first-order chi connectivity index (χ1) is 16.2. The number of ether oxygens (including phenoxy) is 1. The minimum absolute atomic E-state index is 0.0785. The van der Waals surface area contributed by atoms with Gasteiger partial charge in [0.15, 0.2) is 5.13 Å².